The number of phenols is 1. The van der Waals surface area contributed by atoms with Gasteiger partial charge in [-0.25, -0.2) is 4.79 Å². The van der Waals surface area contributed by atoms with Crippen LogP contribution in [0.1, 0.15) is 56.4 Å². The summed E-state index contributed by atoms with van der Waals surface area (Å²) in [5.74, 6) is -0.0793. The number of hydrogen-bond acceptors (Lipinski definition) is 6. The molecule has 1 heterocycles. The Balaban J connectivity index is 1.17. The standard InChI is InChI=1S/C41H48N4O6Si/c1-41(2,3)52(4,5)51-36(32-20-22-35(46)39-33(32)21-23-38(48)45-39)26-42-25-28-14-17-30(18-15-28)43-37(47)13-9-10-27-16-19-31(29-11-7-6-8-12-29)34(24-27)44-40(49)50/h6-8,11-12,14-24,36,42,44,46H,9-10,13,25-26H2,1-5H3,(H,43,47)(H,45,48)(H,49,50)/t36-/m0/s1. The fourth-order valence-corrected chi connectivity index (χ4v) is 7.13. The largest absolute Gasteiger partial charge is 0.506 e. The van der Waals surface area contributed by atoms with Crippen LogP contribution in [0.5, 0.6) is 5.75 Å². The second-order valence-corrected chi connectivity index (χ2v) is 19.3. The lowest BCUT2D eigenvalue weighted by Gasteiger charge is -2.39. The van der Waals surface area contributed by atoms with Gasteiger partial charge in [0.25, 0.3) is 0 Å². The number of aryl methyl sites for hydroxylation is 1. The summed E-state index contributed by atoms with van der Waals surface area (Å²) < 4.78 is 6.90. The van der Waals surface area contributed by atoms with Crippen molar-refractivity contribution < 1.29 is 24.2 Å². The predicted octanol–water partition coefficient (Wildman–Crippen LogP) is 8.80. The number of amides is 2. The molecule has 0 radical (unpaired) electrons. The molecule has 0 aliphatic rings. The van der Waals surface area contributed by atoms with E-state index in [1.165, 1.54) is 6.07 Å². The molecule has 0 bridgehead atoms. The normalized spacial score (nSPS) is 12.4. The number of H-pyrrole nitrogens is 1. The molecule has 5 aromatic rings. The average Bonchev–Trinajstić information content (AvgIpc) is 3.09. The molecule has 11 heteroatoms. The molecule has 0 saturated heterocycles. The van der Waals surface area contributed by atoms with Gasteiger partial charge in [0.1, 0.15) is 5.75 Å². The van der Waals surface area contributed by atoms with E-state index in [-0.39, 0.29) is 28.4 Å². The van der Waals surface area contributed by atoms with Crippen LogP contribution in [-0.2, 0) is 22.2 Å². The highest BCUT2D eigenvalue weighted by molar-refractivity contribution is 6.74. The number of pyridine rings is 1. The number of carbonyl (C=O) groups is 2. The number of anilines is 2. The van der Waals surface area contributed by atoms with Crippen LogP contribution >= 0.6 is 0 Å². The third kappa shape index (κ3) is 9.75. The Hall–Kier alpha value is -5.23. The maximum Gasteiger partial charge on any atom is 0.409 e. The summed E-state index contributed by atoms with van der Waals surface area (Å²) in [5.41, 5.74) is 5.92. The van der Waals surface area contributed by atoms with Crippen molar-refractivity contribution in [1.29, 1.82) is 0 Å². The zero-order chi connectivity index (χ0) is 37.5. The minimum atomic E-state index is -2.21. The van der Waals surface area contributed by atoms with E-state index in [9.17, 15) is 24.6 Å². The molecule has 52 heavy (non-hydrogen) atoms. The molecule has 10 nitrogen and oxygen atoms in total. The van der Waals surface area contributed by atoms with Crippen molar-refractivity contribution in [3.05, 3.63) is 124 Å². The van der Waals surface area contributed by atoms with E-state index in [4.69, 9.17) is 4.43 Å². The fraction of sp³-hybridized carbons (Fsp3) is 0.293. The Morgan fingerprint density at radius 2 is 1.60 bits per heavy atom. The Bertz CT molecular complexity index is 2070. The number of aromatic hydroxyl groups is 1. The van der Waals surface area contributed by atoms with Crippen molar-refractivity contribution in [2.24, 2.45) is 0 Å². The maximum absolute atomic E-state index is 12.8. The van der Waals surface area contributed by atoms with Gasteiger partial charge in [0.15, 0.2) is 8.32 Å². The first kappa shape index (κ1) is 38.0. The molecule has 5 rings (SSSR count). The smallest absolute Gasteiger partial charge is 0.409 e. The highest BCUT2D eigenvalue weighted by Crippen LogP contribution is 2.41. The number of aromatic amines is 1. The van der Waals surface area contributed by atoms with Crippen LogP contribution in [-0.4, -0.2) is 42.1 Å². The molecule has 0 spiro atoms. The number of nitrogens with one attached hydrogen (secondary N) is 4. The second-order valence-electron chi connectivity index (χ2n) is 14.6. The number of hydrogen-bond donors (Lipinski definition) is 6. The van der Waals surface area contributed by atoms with E-state index in [0.717, 1.165) is 33.2 Å². The Morgan fingerprint density at radius 3 is 2.29 bits per heavy atom. The van der Waals surface area contributed by atoms with Crippen LogP contribution < -0.4 is 21.5 Å². The fourth-order valence-electron chi connectivity index (χ4n) is 5.85. The summed E-state index contributed by atoms with van der Waals surface area (Å²) in [7, 11) is -2.21. The van der Waals surface area contributed by atoms with Crippen molar-refractivity contribution in [3.63, 3.8) is 0 Å². The number of carbonyl (C=O) groups excluding carboxylic acids is 1. The van der Waals surface area contributed by atoms with Crippen molar-refractivity contribution >= 4 is 42.6 Å². The highest BCUT2D eigenvalue weighted by Gasteiger charge is 2.39. The summed E-state index contributed by atoms with van der Waals surface area (Å²) in [6.45, 7) is 12.1. The van der Waals surface area contributed by atoms with E-state index >= 15 is 0 Å². The third-order valence-electron chi connectivity index (χ3n) is 9.67. The van der Waals surface area contributed by atoms with Crippen LogP contribution in [0, 0.1) is 0 Å². The summed E-state index contributed by atoms with van der Waals surface area (Å²) in [6.07, 6.45) is 0.101. The first-order chi connectivity index (χ1) is 24.7. The number of carboxylic acid groups (broad SMARTS) is 1. The minimum Gasteiger partial charge on any atom is -0.506 e. The maximum atomic E-state index is 12.8. The summed E-state index contributed by atoms with van der Waals surface area (Å²) in [5, 5.41) is 29.6. The Labute approximate surface area is 305 Å². The van der Waals surface area contributed by atoms with E-state index < -0.39 is 14.4 Å². The van der Waals surface area contributed by atoms with Gasteiger partial charge >= 0.3 is 6.09 Å². The highest BCUT2D eigenvalue weighted by atomic mass is 28.4. The average molecular weight is 721 g/mol. The first-order valence-corrected chi connectivity index (χ1v) is 20.4. The van der Waals surface area contributed by atoms with Gasteiger partial charge in [-0.2, -0.15) is 0 Å². The molecule has 0 saturated carbocycles. The predicted molar refractivity (Wildman–Crippen MR) is 210 cm³/mol. The first-order valence-electron chi connectivity index (χ1n) is 17.5. The van der Waals surface area contributed by atoms with Gasteiger partial charge in [-0.1, -0.05) is 81.4 Å². The zero-order valence-corrected chi connectivity index (χ0v) is 31.4. The molecule has 0 fully saturated rings. The number of benzene rings is 4. The molecule has 0 aliphatic carbocycles. The van der Waals surface area contributed by atoms with Crippen molar-refractivity contribution in [2.45, 2.75) is 70.8 Å². The van der Waals surface area contributed by atoms with E-state index in [1.807, 2.05) is 78.9 Å². The summed E-state index contributed by atoms with van der Waals surface area (Å²) >= 11 is 0. The molecule has 1 aromatic heterocycles. The third-order valence-corrected chi connectivity index (χ3v) is 14.2. The molecule has 1 atom stereocenters. The summed E-state index contributed by atoms with van der Waals surface area (Å²) in [4.78, 5) is 39.0. The monoisotopic (exact) mass is 720 g/mol. The minimum absolute atomic E-state index is 0.0145. The molecule has 0 unspecified atom stereocenters. The van der Waals surface area contributed by atoms with Gasteiger partial charge in [0.05, 0.1) is 17.3 Å². The van der Waals surface area contributed by atoms with Crippen LogP contribution in [0.15, 0.2) is 102 Å². The lowest BCUT2D eigenvalue weighted by molar-refractivity contribution is -0.116. The quantitative estimate of drug-likeness (QED) is 0.0627. The van der Waals surface area contributed by atoms with Gasteiger partial charge in [-0.05, 0) is 83.6 Å². The van der Waals surface area contributed by atoms with E-state index in [1.54, 1.807) is 12.1 Å². The number of fused-ring (bicyclic) bond motifs is 1. The molecule has 4 aromatic carbocycles. The van der Waals surface area contributed by atoms with E-state index in [0.29, 0.717) is 49.2 Å². The number of phenolic OH excluding ortho intramolecular Hbond substituents is 1. The molecule has 0 aliphatic heterocycles. The van der Waals surface area contributed by atoms with Gasteiger partial charge in [-0.3, -0.25) is 14.9 Å². The SMILES string of the molecule is CC(C)(C)[Si](C)(C)O[C@@H](CNCc1ccc(NC(=O)CCCc2ccc(-c3ccccc3)c(NC(=O)O)c2)cc1)c1ccc(O)c2[nH]c(=O)ccc12. The zero-order valence-electron chi connectivity index (χ0n) is 30.4. The van der Waals surface area contributed by atoms with Crippen molar-refractivity contribution in [2.75, 3.05) is 17.2 Å². The molecule has 2 amide bonds. The summed E-state index contributed by atoms with van der Waals surface area (Å²) in [6, 6.07) is 29.7. The molecule has 272 valence electrons. The van der Waals surface area contributed by atoms with Gasteiger partial charge < -0.3 is 30.3 Å². The molecule has 6 N–H and O–H groups in total. The molecular formula is C41H48N4O6Si. The number of rotatable bonds is 14. The van der Waals surface area contributed by atoms with Gasteiger partial charge in [0, 0.05) is 42.2 Å². The van der Waals surface area contributed by atoms with Crippen LogP contribution in [0.2, 0.25) is 18.1 Å². The van der Waals surface area contributed by atoms with Crippen molar-refractivity contribution in [1.82, 2.24) is 10.3 Å². The van der Waals surface area contributed by atoms with Gasteiger partial charge in [0.2, 0.25) is 11.5 Å². The van der Waals surface area contributed by atoms with Gasteiger partial charge in [-0.15, -0.1) is 0 Å². The Kier molecular flexibility index (Phi) is 12.0. The molecular weight excluding hydrogens is 673 g/mol. The topological polar surface area (TPSA) is 153 Å². The Morgan fingerprint density at radius 1 is 0.885 bits per heavy atom. The lowest BCUT2D eigenvalue weighted by Crippen LogP contribution is -2.43. The van der Waals surface area contributed by atoms with Crippen molar-refractivity contribution in [3.8, 4) is 16.9 Å². The second kappa shape index (κ2) is 16.4. The van der Waals surface area contributed by atoms with Crippen LogP contribution in [0.4, 0.5) is 16.2 Å². The van der Waals surface area contributed by atoms with Crippen LogP contribution in [0.3, 0.4) is 0 Å². The lowest BCUT2D eigenvalue weighted by atomic mass is 9.99. The number of aromatic nitrogens is 1. The van der Waals surface area contributed by atoms with Crippen LogP contribution in [0.25, 0.3) is 22.0 Å². The van der Waals surface area contributed by atoms with E-state index in [2.05, 4.69) is 54.8 Å².